The normalized spacial score (nSPS) is 10.5. The maximum Gasteiger partial charge on any atom is 0.104 e. The van der Waals surface area contributed by atoms with Crippen LogP contribution in [0.4, 0.5) is 5.82 Å². The topological polar surface area (TPSA) is 48.0 Å². The van der Waals surface area contributed by atoms with Crippen LogP contribution in [0.5, 0.6) is 0 Å². The fourth-order valence-corrected chi connectivity index (χ4v) is 1.36. The maximum absolute atomic E-state index is 8.63. The minimum Gasteiger partial charge on any atom is -0.395 e. The van der Waals surface area contributed by atoms with Gasteiger partial charge in [-0.15, -0.1) is 0 Å². The highest BCUT2D eigenvalue weighted by Crippen LogP contribution is 2.17. The summed E-state index contributed by atoms with van der Waals surface area (Å²) in [6, 6.07) is 10.1. The van der Waals surface area contributed by atoms with Crippen molar-refractivity contribution in [2.75, 3.05) is 18.5 Å². The van der Waals surface area contributed by atoms with Crippen LogP contribution in [-0.2, 0) is 0 Å². The number of fused-ring (bicyclic) bond motifs is 1. The second-order valence-corrected chi connectivity index (χ2v) is 2.92. The zero-order valence-electron chi connectivity index (χ0n) is 7.25. The number of hydrogen-bond acceptors (Lipinski definition) is 2. The summed E-state index contributed by atoms with van der Waals surface area (Å²) in [6.07, 6.45) is 0. The molecule has 0 saturated carbocycles. The van der Waals surface area contributed by atoms with E-state index < -0.39 is 0 Å². The molecule has 1 heterocycles. The third-order valence-corrected chi connectivity index (χ3v) is 1.96. The molecule has 3 N–H and O–H groups in total. The van der Waals surface area contributed by atoms with Gasteiger partial charge in [0, 0.05) is 17.4 Å². The number of aliphatic hydroxyl groups excluding tert-OH is 1. The highest BCUT2D eigenvalue weighted by Gasteiger charge is 1.97. The average Bonchev–Trinajstić information content (AvgIpc) is 2.57. The average molecular weight is 176 g/mol. The van der Waals surface area contributed by atoms with Gasteiger partial charge in [0.25, 0.3) is 0 Å². The van der Waals surface area contributed by atoms with Crippen LogP contribution in [0.2, 0.25) is 0 Å². The van der Waals surface area contributed by atoms with Crippen molar-refractivity contribution < 1.29 is 5.11 Å². The minimum absolute atomic E-state index is 0.148. The number of benzene rings is 1. The van der Waals surface area contributed by atoms with Crippen molar-refractivity contribution in [2.45, 2.75) is 0 Å². The minimum atomic E-state index is 0.148. The van der Waals surface area contributed by atoms with Crippen LogP contribution in [-0.4, -0.2) is 23.2 Å². The van der Waals surface area contributed by atoms with Crippen molar-refractivity contribution in [3.8, 4) is 0 Å². The summed E-state index contributed by atoms with van der Waals surface area (Å²) in [5, 5.41) is 12.9. The molecule has 3 nitrogen and oxygen atoms in total. The monoisotopic (exact) mass is 176 g/mol. The molecule has 0 aliphatic rings. The molecule has 0 aliphatic carbocycles. The summed E-state index contributed by atoms with van der Waals surface area (Å²) in [5.74, 6) is 0.954. The largest absolute Gasteiger partial charge is 0.395 e. The summed E-state index contributed by atoms with van der Waals surface area (Å²) in [4.78, 5) is 3.21. The van der Waals surface area contributed by atoms with Gasteiger partial charge >= 0.3 is 0 Å². The van der Waals surface area contributed by atoms with E-state index in [0.29, 0.717) is 6.54 Å². The smallest absolute Gasteiger partial charge is 0.104 e. The lowest BCUT2D eigenvalue weighted by atomic mass is 10.2. The highest BCUT2D eigenvalue weighted by molar-refractivity contribution is 5.83. The Hall–Kier alpha value is -1.48. The van der Waals surface area contributed by atoms with Gasteiger partial charge in [-0.05, 0) is 12.1 Å². The number of aromatic nitrogens is 1. The maximum atomic E-state index is 8.63. The van der Waals surface area contributed by atoms with Gasteiger partial charge < -0.3 is 15.4 Å². The van der Waals surface area contributed by atoms with E-state index in [1.165, 1.54) is 5.39 Å². The molecule has 1 aromatic carbocycles. The van der Waals surface area contributed by atoms with E-state index in [0.717, 1.165) is 11.3 Å². The second-order valence-electron chi connectivity index (χ2n) is 2.92. The van der Waals surface area contributed by atoms with E-state index in [1.54, 1.807) is 0 Å². The molecule has 0 atom stereocenters. The number of aromatic amines is 1. The van der Waals surface area contributed by atoms with Gasteiger partial charge in [-0.25, -0.2) is 0 Å². The molecule has 2 rings (SSSR count). The molecular formula is C10H12N2O. The lowest BCUT2D eigenvalue weighted by molar-refractivity contribution is 0.311. The second kappa shape index (κ2) is 3.49. The summed E-state index contributed by atoms with van der Waals surface area (Å²) < 4.78 is 0. The number of hydrogen-bond donors (Lipinski definition) is 3. The zero-order chi connectivity index (χ0) is 9.10. The molecule has 13 heavy (non-hydrogen) atoms. The Balaban J connectivity index is 2.28. The van der Waals surface area contributed by atoms with Crippen LogP contribution < -0.4 is 5.32 Å². The molecule has 1 aromatic heterocycles. The van der Waals surface area contributed by atoms with Gasteiger partial charge in [0.2, 0.25) is 0 Å². The Kier molecular flexibility index (Phi) is 2.19. The molecular weight excluding hydrogens is 164 g/mol. The van der Waals surface area contributed by atoms with Gasteiger partial charge in [-0.1, -0.05) is 18.2 Å². The van der Waals surface area contributed by atoms with E-state index in [2.05, 4.69) is 16.4 Å². The lowest BCUT2D eigenvalue weighted by Crippen LogP contribution is -2.05. The van der Waals surface area contributed by atoms with Gasteiger partial charge in [-0.3, -0.25) is 0 Å². The number of anilines is 1. The number of para-hydroxylation sites is 1. The van der Waals surface area contributed by atoms with E-state index in [4.69, 9.17) is 5.11 Å². The summed E-state index contributed by atoms with van der Waals surface area (Å²) in [7, 11) is 0. The Labute approximate surface area is 76.4 Å². The van der Waals surface area contributed by atoms with Crippen LogP contribution in [0.15, 0.2) is 30.3 Å². The highest BCUT2D eigenvalue weighted by atomic mass is 16.3. The van der Waals surface area contributed by atoms with Gasteiger partial charge in [-0.2, -0.15) is 0 Å². The van der Waals surface area contributed by atoms with Crippen molar-refractivity contribution >= 4 is 16.7 Å². The third-order valence-electron chi connectivity index (χ3n) is 1.96. The molecule has 0 aliphatic heterocycles. The number of nitrogens with one attached hydrogen (secondary N) is 2. The third kappa shape index (κ3) is 1.65. The molecule has 3 heteroatoms. The quantitative estimate of drug-likeness (QED) is 0.664. The standard InChI is InChI=1S/C10H12N2O/c13-6-5-11-10-7-8-3-1-2-4-9(8)12-10/h1-4,7,11-13H,5-6H2. The first-order chi connectivity index (χ1) is 6.40. The van der Waals surface area contributed by atoms with Crippen LogP contribution in [0.25, 0.3) is 10.9 Å². The molecule has 0 radical (unpaired) electrons. The summed E-state index contributed by atoms with van der Waals surface area (Å²) in [5.41, 5.74) is 1.11. The molecule has 0 saturated heterocycles. The van der Waals surface area contributed by atoms with E-state index >= 15 is 0 Å². The molecule has 0 fully saturated rings. The van der Waals surface area contributed by atoms with Crippen molar-refractivity contribution in [1.29, 1.82) is 0 Å². The van der Waals surface area contributed by atoms with Crippen molar-refractivity contribution in [3.63, 3.8) is 0 Å². The van der Waals surface area contributed by atoms with Crippen LogP contribution >= 0.6 is 0 Å². The molecule has 0 amide bonds. The Bertz CT molecular complexity index is 361. The lowest BCUT2D eigenvalue weighted by Gasteiger charge is -1.98. The number of aliphatic hydroxyl groups is 1. The summed E-state index contributed by atoms with van der Waals surface area (Å²) in [6.45, 7) is 0.724. The van der Waals surface area contributed by atoms with E-state index in [9.17, 15) is 0 Å². The fraction of sp³-hybridized carbons (Fsp3) is 0.200. The van der Waals surface area contributed by atoms with Crippen molar-refractivity contribution in [3.05, 3.63) is 30.3 Å². The Morgan fingerprint density at radius 3 is 2.92 bits per heavy atom. The molecule has 68 valence electrons. The Morgan fingerprint density at radius 2 is 2.15 bits per heavy atom. The molecule has 0 spiro atoms. The fourth-order valence-electron chi connectivity index (χ4n) is 1.36. The predicted molar refractivity (Wildman–Crippen MR) is 53.9 cm³/mol. The first kappa shape index (κ1) is 8.13. The predicted octanol–water partition coefficient (Wildman–Crippen LogP) is 1.57. The van der Waals surface area contributed by atoms with Crippen LogP contribution in [0.3, 0.4) is 0 Å². The number of H-pyrrole nitrogens is 1. The first-order valence-corrected chi connectivity index (χ1v) is 4.32. The van der Waals surface area contributed by atoms with Crippen molar-refractivity contribution in [2.24, 2.45) is 0 Å². The SMILES string of the molecule is OCCNc1cc2ccccc2[nH]1. The molecule has 2 aromatic rings. The van der Waals surface area contributed by atoms with E-state index in [1.807, 2.05) is 24.3 Å². The number of rotatable bonds is 3. The zero-order valence-corrected chi connectivity index (χ0v) is 7.25. The van der Waals surface area contributed by atoms with Crippen molar-refractivity contribution in [1.82, 2.24) is 4.98 Å². The van der Waals surface area contributed by atoms with Gasteiger partial charge in [0.05, 0.1) is 6.61 Å². The molecule has 0 bridgehead atoms. The van der Waals surface area contributed by atoms with Crippen LogP contribution in [0.1, 0.15) is 0 Å². The van der Waals surface area contributed by atoms with Gasteiger partial charge in [0.1, 0.15) is 5.82 Å². The van der Waals surface area contributed by atoms with Crippen LogP contribution in [0, 0.1) is 0 Å². The first-order valence-electron chi connectivity index (χ1n) is 4.32. The summed E-state index contributed by atoms with van der Waals surface area (Å²) >= 11 is 0. The van der Waals surface area contributed by atoms with E-state index in [-0.39, 0.29) is 6.61 Å². The van der Waals surface area contributed by atoms with Gasteiger partial charge in [0.15, 0.2) is 0 Å². The molecule has 0 unspecified atom stereocenters. The Morgan fingerprint density at radius 1 is 1.31 bits per heavy atom.